The van der Waals surface area contributed by atoms with E-state index in [-0.39, 0.29) is 4.90 Å². The average molecular weight is 295 g/mol. The minimum atomic E-state index is -3.90. The van der Waals surface area contributed by atoms with Gasteiger partial charge in [0.15, 0.2) is 0 Å². The van der Waals surface area contributed by atoms with Gasteiger partial charge in [-0.3, -0.25) is 0 Å². The molecule has 0 spiro atoms. The molecule has 108 valence electrons. The highest BCUT2D eigenvalue weighted by molar-refractivity contribution is 7.89. The summed E-state index contributed by atoms with van der Waals surface area (Å²) in [6.07, 6.45) is 2.03. The molecule has 20 heavy (non-hydrogen) atoms. The van der Waals surface area contributed by atoms with Crippen LogP contribution in [0.5, 0.6) is 0 Å². The van der Waals surface area contributed by atoms with Gasteiger partial charge in [0, 0.05) is 0 Å². The summed E-state index contributed by atoms with van der Waals surface area (Å²) in [6.45, 7) is 5.31. The Labute approximate surface area is 118 Å². The van der Waals surface area contributed by atoms with Crippen LogP contribution in [0, 0.1) is 6.92 Å². The maximum Gasteiger partial charge on any atom is 0.424 e. The van der Waals surface area contributed by atoms with Crippen LogP contribution in [0.25, 0.3) is 0 Å². The predicted octanol–water partition coefficient (Wildman–Crippen LogP) is 2.47. The minimum Gasteiger partial charge on any atom is -0.443 e. The monoisotopic (exact) mass is 295 g/mol. The number of benzene rings is 1. The highest BCUT2D eigenvalue weighted by Crippen LogP contribution is 2.28. The van der Waals surface area contributed by atoms with Crippen molar-refractivity contribution in [1.29, 1.82) is 0 Å². The molecule has 0 unspecified atom stereocenters. The van der Waals surface area contributed by atoms with Gasteiger partial charge in [0.05, 0.1) is 4.90 Å². The van der Waals surface area contributed by atoms with Gasteiger partial charge < -0.3 is 4.74 Å². The molecule has 1 heterocycles. The van der Waals surface area contributed by atoms with Crippen LogP contribution < -0.4 is 0 Å². The summed E-state index contributed by atoms with van der Waals surface area (Å²) in [5.41, 5.74) is 0.950. The largest absolute Gasteiger partial charge is 0.443 e. The fourth-order valence-corrected chi connectivity index (χ4v) is 3.62. The van der Waals surface area contributed by atoms with Crippen molar-refractivity contribution in [2.45, 2.75) is 37.8 Å². The summed E-state index contributed by atoms with van der Waals surface area (Å²) in [5, 5.41) is 0. The second-order valence-electron chi connectivity index (χ2n) is 4.72. The van der Waals surface area contributed by atoms with Crippen molar-refractivity contribution in [1.82, 2.24) is 4.31 Å². The van der Waals surface area contributed by atoms with E-state index in [1.165, 1.54) is 12.1 Å². The number of carbonyl (C=O) groups is 1. The molecular formula is C14H17NO4S. The Morgan fingerprint density at radius 2 is 1.85 bits per heavy atom. The standard InChI is InChI=1S/C14H17NO4S/c1-4-5-13-11(3)19-14(16)15(13)20(17,18)12-8-6-10(2)7-9-12/h4-9,11,13H,1-3H3/b5-4-/t11-,13-/m1/s1. The van der Waals surface area contributed by atoms with Crippen molar-refractivity contribution in [3.05, 3.63) is 42.0 Å². The highest BCUT2D eigenvalue weighted by atomic mass is 32.2. The number of sulfonamides is 1. The molecule has 0 saturated carbocycles. The SMILES string of the molecule is C/C=C\[C@@H]1[C@@H](C)OC(=O)N1S(=O)(=O)c1ccc(C)cc1. The molecule has 1 aliphatic rings. The van der Waals surface area contributed by atoms with Crippen LogP contribution in [0.3, 0.4) is 0 Å². The molecule has 1 saturated heterocycles. The van der Waals surface area contributed by atoms with Crippen molar-refractivity contribution in [2.75, 3.05) is 0 Å². The number of hydrogen-bond donors (Lipinski definition) is 0. The molecule has 1 aromatic carbocycles. The quantitative estimate of drug-likeness (QED) is 0.804. The number of allylic oxidation sites excluding steroid dienone is 1. The van der Waals surface area contributed by atoms with Crippen LogP contribution >= 0.6 is 0 Å². The van der Waals surface area contributed by atoms with Gasteiger partial charge in [-0.15, -0.1) is 0 Å². The molecular weight excluding hydrogens is 278 g/mol. The number of hydrogen-bond acceptors (Lipinski definition) is 4. The van der Waals surface area contributed by atoms with E-state index in [0.29, 0.717) is 0 Å². The number of cyclic esters (lactones) is 1. The van der Waals surface area contributed by atoms with Crippen LogP contribution in [-0.4, -0.2) is 31.0 Å². The average Bonchev–Trinajstić information content (AvgIpc) is 2.66. The van der Waals surface area contributed by atoms with Crippen molar-refractivity contribution >= 4 is 16.1 Å². The molecule has 1 aromatic rings. The van der Waals surface area contributed by atoms with E-state index in [9.17, 15) is 13.2 Å². The zero-order chi connectivity index (χ0) is 14.9. The molecule has 0 N–H and O–H groups in total. The number of carbonyl (C=O) groups excluding carboxylic acids is 1. The third-order valence-electron chi connectivity index (χ3n) is 3.19. The third kappa shape index (κ3) is 2.43. The summed E-state index contributed by atoms with van der Waals surface area (Å²) >= 11 is 0. The van der Waals surface area contributed by atoms with Gasteiger partial charge in [0.1, 0.15) is 12.1 Å². The van der Waals surface area contributed by atoms with Crippen molar-refractivity contribution in [3.8, 4) is 0 Å². The molecule has 1 amide bonds. The van der Waals surface area contributed by atoms with Crippen LogP contribution in [0.1, 0.15) is 19.4 Å². The molecule has 2 atom stereocenters. The van der Waals surface area contributed by atoms with Gasteiger partial charge in [-0.1, -0.05) is 29.8 Å². The summed E-state index contributed by atoms with van der Waals surface area (Å²) in [6, 6.07) is 5.77. The lowest BCUT2D eigenvalue weighted by molar-refractivity contribution is 0.142. The zero-order valence-corrected chi connectivity index (χ0v) is 12.4. The van der Waals surface area contributed by atoms with E-state index >= 15 is 0 Å². The van der Waals surface area contributed by atoms with E-state index in [1.807, 2.05) is 6.92 Å². The van der Waals surface area contributed by atoms with Crippen LogP contribution in [-0.2, 0) is 14.8 Å². The van der Waals surface area contributed by atoms with Crippen LogP contribution in [0.15, 0.2) is 41.3 Å². The summed E-state index contributed by atoms with van der Waals surface area (Å²) in [5.74, 6) is 0. The first kappa shape index (κ1) is 14.6. The number of ether oxygens (including phenoxy) is 1. The van der Waals surface area contributed by atoms with Gasteiger partial charge in [0.25, 0.3) is 10.0 Å². The normalized spacial score (nSPS) is 23.4. The summed E-state index contributed by atoms with van der Waals surface area (Å²) in [7, 11) is -3.90. The smallest absolute Gasteiger partial charge is 0.424 e. The Balaban J connectivity index is 2.46. The van der Waals surface area contributed by atoms with E-state index in [0.717, 1.165) is 9.87 Å². The van der Waals surface area contributed by atoms with Crippen LogP contribution in [0.2, 0.25) is 0 Å². The van der Waals surface area contributed by atoms with E-state index in [1.54, 1.807) is 38.1 Å². The summed E-state index contributed by atoms with van der Waals surface area (Å²) < 4.78 is 31.0. The first-order valence-corrected chi connectivity index (χ1v) is 7.76. The second-order valence-corrected chi connectivity index (χ2v) is 6.53. The molecule has 2 rings (SSSR count). The van der Waals surface area contributed by atoms with E-state index in [2.05, 4.69) is 0 Å². The molecule has 0 bridgehead atoms. The van der Waals surface area contributed by atoms with Crippen molar-refractivity contribution < 1.29 is 17.9 Å². The highest BCUT2D eigenvalue weighted by Gasteiger charge is 2.45. The van der Waals surface area contributed by atoms with Gasteiger partial charge in [-0.2, -0.15) is 4.31 Å². The minimum absolute atomic E-state index is 0.0867. The Morgan fingerprint density at radius 3 is 2.40 bits per heavy atom. The molecule has 0 aliphatic carbocycles. The Kier molecular flexibility index (Phi) is 3.85. The predicted molar refractivity (Wildman–Crippen MR) is 74.7 cm³/mol. The van der Waals surface area contributed by atoms with Crippen LogP contribution in [0.4, 0.5) is 4.79 Å². The lowest BCUT2D eigenvalue weighted by atomic mass is 10.2. The lowest BCUT2D eigenvalue weighted by Gasteiger charge is -2.20. The third-order valence-corrected chi connectivity index (χ3v) is 4.96. The number of nitrogens with zero attached hydrogens (tertiary/aromatic N) is 1. The second kappa shape index (κ2) is 5.28. The maximum absolute atomic E-state index is 12.6. The first-order valence-electron chi connectivity index (χ1n) is 6.32. The molecule has 1 fully saturated rings. The molecule has 6 heteroatoms. The van der Waals surface area contributed by atoms with Crippen molar-refractivity contribution in [3.63, 3.8) is 0 Å². The Morgan fingerprint density at radius 1 is 1.25 bits per heavy atom. The number of rotatable bonds is 3. The number of amides is 1. The van der Waals surface area contributed by atoms with Gasteiger partial charge in [-0.05, 0) is 32.9 Å². The fraction of sp³-hybridized carbons (Fsp3) is 0.357. The summed E-state index contributed by atoms with van der Waals surface area (Å²) in [4.78, 5) is 11.9. The molecule has 0 aromatic heterocycles. The fourth-order valence-electron chi connectivity index (χ4n) is 2.11. The van der Waals surface area contributed by atoms with Gasteiger partial charge >= 0.3 is 6.09 Å². The molecule has 5 nitrogen and oxygen atoms in total. The number of aryl methyl sites for hydroxylation is 1. The Bertz CT molecular complexity index is 634. The maximum atomic E-state index is 12.6. The van der Waals surface area contributed by atoms with E-state index < -0.39 is 28.3 Å². The molecule has 0 radical (unpaired) electrons. The van der Waals surface area contributed by atoms with Gasteiger partial charge in [-0.25, -0.2) is 13.2 Å². The van der Waals surface area contributed by atoms with Crippen molar-refractivity contribution in [2.24, 2.45) is 0 Å². The van der Waals surface area contributed by atoms with Gasteiger partial charge in [0.2, 0.25) is 0 Å². The molecule has 1 aliphatic heterocycles. The van der Waals surface area contributed by atoms with E-state index in [4.69, 9.17) is 4.74 Å². The zero-order valence-electron chi connectivity index (χ0n) is 11.6. The first-order chi connectivity index (χ1) is 9.37. The Hall–Kier alpha value is -1.82. The topological polar surface area (TPSA) is 63.7 Å². The lowest BCUT2D eigenvalue weighted by Crippen LogP contribution is -2.39.